The summed E-state index contributed by atoms with van der Waals surface area (Å²) in [7, 11) is 0. The third-order valence-electron chi connectivity index (χ3n) is 3.65. The van der Waals surface area contributed by atoms with E-state index in [2.05, 4.69) is 31.2 Å². The van der Waals surface area contributed by atoms with Gasteiger partial charge in [-0.05, 0) is 30.7 Å². The van der Waals surface area contributed by atoms with E-state index in [4.69, 9.17) is 14.9 Å². The minimum Gasteiger partial charge on any atom is -0.448 e. The van der Waals surface area contributed by atoms with E-state index in [1.54, 1.807) is 13.0 Å². The van der Waals surface area contributed by atoms with Crippen LogP contribution in [0.4, 0.5) is 5.69 Å². The molecule has 2 aromatic rings. The number of nitrogens with one attached hydrogen (secondary N) is 1. The molecule has 1 atom stereocenters. The number of anilines is 1. The van der Waals surface area contributed by atoms with Crippen molar-refractivity contribution in [1.29, 1.82) is 0 Å². The van der Waals surface area contributed by atoms with Crippen LogP contribution >= 0.6 is 15.9 Å². The fourth-order valence-corrected chi connectivity index (χ4v) is 3.01. The lowest BCUT2D eigenvalue weighted by Gasteiger charge is -2.30. The van der Waals surface area contributed by atoms with Crippen LogP contribution in [0.15, 0.2) is 38.3 Å². The third kappa shape index (κ3) is 3.49. The zero-order chi connectivity index (χ0) is 17.3. The Kier molecular flexibility index (Phi) is 4.42. The number of aromatic nitrogens is 1. The second-order valence-electron chi connectivity index (χ2n) is 5.80. The van der Waals surface area contributed by atoms with Gasteiger partial charge in [0, 0.05) is 17.1 Å². The van der Waals surface area contributed by atoms with Gasteiger partial charge in [0.25, 0.3) is 5.91 Å². The van der Waals surface area contributed by atoms with Crippen molar-refractivity contribution in [2.24, 2.45) is 10.7 Å². The van der Waals surface area contributed by atoms with Gasteiger partial charge < -0.3 is 20.2 Å². The van der Waals surface area contributed by atoms with Crippen LogP contribution in [0.2, 0.25) is 0 Å². The largest absolute Gasteiger partial charge is 0.448 e. The molecule has 7 nitrogen and oxygen atoms in total. The van der Waals surface area contributed by atoms with Gasteiger partial charge in [-0.15, -0.1) is 0 Å². The average Bonchev–Trinajstić information content (AvgIpc) is 2.93. The minimum absolute atomic E-state index is 0.225. The van der Waals surface area contributed by atoms with Gasteiger partial charge in [0.15, 0.2) is 11.6 Å². The van der Waals surface area contributed by atoms with Crippen LogP contribution in [0.3, 0.4) is 0 Å². The Balaban J connectivity index is 1.89. The predicted molar refractivity (Wildman–Crippen MR) is 93.1 cm³/mol. The SMILES string of the molecule is Cc1nc(C(=O)Nc2cc(Br)cc(C3(C)COCC(N)=N3)c2)co1. The molecule has 1 amide bonds. The number of nitrogens with zero attached hydrogens (tertiary/aromatic N) is 2. The summed E-state index contributed by atoms with van der Waals surface area (Å²) in [4.78, 5) is 20.8. The fourth-order valence-electron chi connectivity index (χ4n) is 2.52. The number of rotatable bonds is 3. The smallest absolute Gasteiger partial charge is 0.277 e. The summed E-state index contributed by atoms with van der Waals surface area (Å²) >= 11 is 3.46. The number of carbonyl (C=O) groups excluding carboxylic acids is 1. The number of amidine groups is 1. The van der Waals surface area contributed by atoms with Gasteiger partial charge in [0.05, 0.1) is 6.61 Å². The van der Waals surface area contributed by atoms with E-state index in [0.29, 0.717) is 30.6 Å². The molecule has 1 unspecified atom stereocenters. The first-order valence-corrected chi connectivity index (χ1v) is 8.11. The molecule has 3 rings (SSSR count). The summed E-state index contributed by atoms with van der Waals surface area (Å²) in [5.41, 5.74) is 6.93. The standard InChI is InChI=1S/C16H17BrN4O3/c1-9-19-13(6-24-9)15(22)20-12-4-10(3-11(17)5-12)16(2)8-23-7-14(18)21-16/h3-6H,7-8H2,1-2H3,(H2,18,21)(H,20,22). The highest BCUT2D eigenvalue weighted by Crippen LogP contribution is 2.32. The maximum atomic E-state index is 12.2. The molecule has 0 bridgehead atoms. The molecule has 0 saturated carbocycles. The highest BCUT2D eigenvalue weighted by Gasteiger charge is 2.30. The number of aryl methyl sites for hydroxylation is 1. The Hall–Kier alpha value is -2.19. The number of ether oxygens (including phenoxy) is 1. The first kappa shape index (κ1) is 16.7. The zero-order valence-corrected chi connectivity index (χ0v) is 14.9. The Morgan fingerprint density at radius 1 is 1.42 bits per heavy atom. The first-order valence-electron chi connectivity index (χ1n) is 7.32. The van der Waals surface area contributed by atoms with E-state index in [-0.39, 0.29) is 11.6 Å². The van der Waals surface area contributed by atoms with Crippen LogP contribution in [0.5, 0.6) is 0 Å². The van der Waals surface area contributed by atoms with Crippen molar-refractivity contribution in [2.75, 3.05) is 18.5 Å². The quantitative estimate of drug-likeness (QED) is 0.835. The zero-order valence-electron chi connectivity index (χ0n) is 13.3. The van der Waals surface area contributed by atoms with Crippen LogP contribution in [0.25, 0.3) is 0 Å². The van der Waals surface area contributed by atoms with E-state index in [1.165, 1.54) is 6.26 Å². The summed E-state index contributed by atoms with van der Waals surface area (Å²) in [6.45, 7) is 4.37. The number of aliphatic imine (C=N–C) groups is 1. The molecule has 2 heterocycles. The Bertz CT molecular complexity index is 817. The first-order chi connectivity index (χ1) is 11.4. The number of benzene rings is 1. The van der Waals surface area contributed by atoms with Crippen LogP contribution in [-0.2, 0) is 10.3 Å². The maximum Gasteiger partial charge on any atom is 0.277 e. The average molecular weight is 393 g/mol. The normalized spacial score (nSPS) is 20.5. The summed E-state index contributed by atoms with van der Waals surface area (Å²) in [6, 6.07) is 5.58. The Labute approximate surface area is 147 Å². The molecule has 0 spiro atoms. The molecular formula is C16H17BrN4O3. The molecule has 3 N–H and O–H groups in total. The molecule has 0 fully saturated rings. The van der Waals surface area contributed by atoms with Crippen LogP contribution in [0, 0.1) is 6.92 Å². The van der Waals surface area contributed by atoms with Gasteiger partial charge in [-0.1, -0.05) is 15.9 Å². The molecule has 0 saturated heterocycles. The summed E-state index contributed by atoms with van der Waals surface area (Å²) < 4.78 is 11.4. The van der Waals surface area contributed by atoms with Gasteiger partial charge in [0.1, 0.15) is 24.2 Å². The van der Waals surface area contributed by atoms with Crippen LogP contribution in [0.1, 0.15) is 28.9 Å². The molecule has 126 valence electrons. The van der Waals surface area contributed by atoms with Gasteiger partial charge in [0.2, 0.25) is 0 Å². The lowest BCUT2D eigenvalue weighted by molar-refractivity contribution is 0.102. The number of hydrogen-bond acceptors (Lipinski definition) is 6. The lowest BCUT2D eigenvalue weighted by Crippen LogP contribution is -2.37. The Morgan fingerprint density at radius 2 is 2.21 bits per heavy atom. The van der Waals surface area contributed by atoms with E-state index < -0.39 is 5.54 Å². The summed E-state index contributed by atoms with van der Waals surface area (Å²) in [6.07, 6.45) is 1.32. The number of hydrogen-bond donors (Lipinski definition) is 2. The van der Waals surface area contributed by atoms with E-state index in [1.807, 2.05) is 19.1 Å². The highest BCUT2D eigenvalue weighted by atomic mass is 79.9. The summed E-state index contributed by atoms with van der Waals surface area (Å²) in [5, 5.41) is 2.81. The van der Waals surface area contributed by atoms with Crippen molar-refractivity contribution in [3.63, 3.8) is 0 Å². The highest BCUT2D eigenvalue weighted by molar-refractivity contribution is 9.10. The fraction of sp³-hybridized carbons (Fsp3) is 0.312. The van der Waals surface area contributed by atoms with Gasteiger partial charge in [-0.2, -0.15) is 0 Å². The van der Waals surface area contributed by atoms with Crippen LogP contribution in [-0.4, -0.2) is 29.9 Å². The topological polar surface area (TPSA) is 103 Å². The second-order valence-corrected chi connectivity index (χ2v) is 6.72. The van der Waals surface area contributed by atoms with Gasteiger partial charge in [-0.25, -0.2) is 4.98 Å². The molecule has 0 aliphatic carbocycles. The molecule has 24 heavy (non-hydrogen) atoms. The maximum absolute atomic E-state index is 12.2. The van der Waals surface area contributed by atoms with E-state index in [9.17, 15) is 4.79 Å². The number of oxazole rings is 1. The van der Waals surface area contributed by atoms with Crippen molar-refractivity contribution in [2.45, 2.75) is 19.4 Å². The van der Waals surface area contributed by atoms with Crippen molar-refractivity contribution < 1.29 is 13.9 Å². The van der Waals surface area contributed by atoms with Crippen molar-refractivity contribution in [3.8, 4) is 0 Å². The molecule has 1 aromatic carbocycles. The number of carbonyl (C=O) groups is 1. The third-order valence-corrected chi connectivity index (χ3v) is 4.11. The molecule has 1 aromatic heterocycles. The minimum atomic E-state index is -0.601. The van der Waals surface area contributed by atoms with E-state index in [0.717, 1.165) is 10.0 Å². The molecule has 1 aliphatic heterocycles. The van der Waals surface area contributed by atoms with Gasteiger partial charge >= 0.3 is 0 Å². The molecular weight excluding hydrogens is 376 g/mol. The monoisotopic (exact) mass is 392 g/mol. The molecule has 1 aliphatic rings. The summed E-state index contributed by atoms with van der Waals surface area (Å²) in [5.74, 6) is 0.545. The number of amides is 1. The van der Waals surface area contributed by atoms with Crippen molar-refractivity contribution in [3.05, 3.63) is 46.1 Å². The molecule has 0 radical (unpaired) electrons. The second kappa shape index (κ2) is 6.37. The number of halogens is 1. The van der Waals surface area contributed by atoms with Crippen molar-refractivity contribution in [1.82, 2.24) is 4.98 Å². The number of nitrogens with two attached hydrogens (primary N) is 1. The Morgan fingerprint density at radius 3 is 2.88 bits per heavy atom. The van der Waals surface area contributed by atoms with Crippen LogP contribution < -0.4 is 11.1 Å². The van der Waals surface area contributed by atoms with E-state index >= 15 is 0 Å². The van der Waals surface area contributed by atoms with Gasteiger partial charge in [-0.3, -0.25) is 9.79 Å². The molecule has 8 heteroatoms. The lowest BCUT2D eigenvalue weighted by atomic mass is 9.92. The van der Waals surface area contributed by atoms with Crippen molar-refractivity contribution >= 4 is 33.4 Å². The predicted octanol–water partition coefficient (Wildman–Crippen LogP) is 2.60.